The smallest absolute Gasteiger partial charge is 0.271 e. The lowest BCUT2D eigenvalue weighted by atomic mass is 10.0. The van der Waals surface area contributed by atoms with Crippen LogP contribution in [0, 0.1) is 19.8 Å². The van der Waals surface area contributed by atoms with Gasteiger partial charge >= 0.3 is 0 Å². The van der Waals surface area contributed by atoms with Gasteiger partial charge in [0.15, 0.2) is 4.96 Å². The maximum absolute atomic E-state index is 13.2. The summed E-state index contributed by atoms with van der Waals surface area (Å²) in [6.45, 7) is 8.25. The molecule has 3 aromatic heterocycles. The number of carbonyl (C=O) groups is 2. The van der Waals surface area contributed by atoms with Gasteiger partial charge in [0, 0.05) is 24.2 Å². The van der Waals surface area contributed by atoms with Crippen molar-refractivity contribution < 1.29 is 9.59 Å². The van der Waals surface area contributed by atoms with Crippen LogP contribution in [0.25, 0.3) is 15.4 Å². The molecule has 4 rings (SSSR count). The summed E-state index contributed by atoms with van der Waals surface area (Å²) in [6.07, 6.45) is 2.58. The van der Waals surface area contributed by atoms with Crippen molar-refractivity contribution in [3.63, 3.8) is 0 Å². The molecule has 33 heavy (non-hydrogen) atoms. The number of nitrogens with one attached hydrogen (secondary N) is 2. The third kappa shape index (κ3) is 5.15. The van der Waals surface area contributed by atoms with Gasteiger partial charge < -0.3 is 10.6 Å². The zero-order valence-electron chi connectivity index (χ0n) is 19.1. The van der Waals surface area contributed by atoms with Gasteiger partial charge in [-0.25, -0.2) is 9.97 Å². The molecule has 0 radical (unpaired) electrons. The predicted octanol–water partition coefficient (Wildman–Crippen LogP) is 4.71. The van der Waals surface area contributed by atoms with Crippen LogP contribution in [-0.4, -0.2) is 38.8 Å². The van der Waals surface area contributed by atoms with E-state index in [4.69, 9.17) is 0 Å². The van der Waals surface area contributed by atoms with E-state index in [1.165, 1.54) is 22.7 Å². The van der Waals surface area contributed by atoms with Crippen molar-refractivity contribution in [2.75, 3.05) is 6.54 Å². The van der Waals surface area contributed by atoms with Crippen LogP contribution in [-0.2, 0) is 0 Å². The summed E-state index contributed by atoms with van der Waals surface area (Å²) in [7, 11) is 0. The second kappa shape index (κ2) is 9.84. The van der Waals surface area contributed by atoms with Gasteiger partial charge in [-0.15, -0.1) is 22.7 Å². The largest absolute Gasteiger partial charge is 0.349 e. The number of carbonyl (C=O) groups excluding carboxylic acids is 2. The van der Waals surface area contributed by atoms with Gasteiger partial charge in [-0.3, -0.25) is 14.0 Å². The van der Waals surface area contributed by atoms with E-state index >= 15 is 0 Å². The first-order valence-electron chi connectivity index (χ1n) is 10.9. The van der Waals surface area contributed by atoms with E-state index < -0.39 is 0 Å². The second-order valence-electron chi connectivity index (χ2n) is 8.39. The number of aryl methyl sites for hydroxylation is 2. The first-order valence-corrected chi connectivity index (χ1v) is 12.6. The summed E-state index contributed by atoms with van der Waals surface area (Å²) < 4.78 is 1.80. The van der Waals surface area contributed by atoms with Crippen molar-refractivity contribution in [2.45, 2.75) is 40.2 Å². The Morgan fingerprint density at radius 1 is 1.09 bits per heavy atom. The number of benzene rings is 1. The Balaban J connectivity index is 1.49. The molecule has 7 nitrogen and oxygen atoms in total. The highest BCUT2D eigenvalue weighted by Gasteiger charge is 2.23. The molecule has 0 aliphatic carbocycles. The van der Waals surface area contributed by atoms with Gasteiger partial charge in [-0.05, 0) is 31.7 Å². The van der Waals surface area contributed by atoms with Crippen molar-refractivity contribution in [3.05, 3.63) is 64.0 Å². The van der Waals surface area contributed by atoms with E-state index in [0.717, 1.165) is 26.8 Å². The SMILES string of the molecule is Cc1nc(C(=O)NC(CNC(=O)c2c(C)nc3sccn23)CC(C)C)c(-c2ccccc2)s1. The fourth-order valence-electron chi connectivity index (χ4n) is 3.85. The molecule has 1 unspecified atom stereocenters. The average molecular weight is 482 g/mol. The highest BCUT2D eigenvalue weighted by molar-refractivity contribution is 7.15. The normalized spacial score (nSPS) is 12.3. The Bertz CT molecular complexity index is 1270. The van der Waals surface area contributed by atoms with E-state index in [0.29, 0.717) is 29.5 Å². The van der Waals surface area contributed by atoms with Gasteiger partial charge in [0.05, 0.1) is 15.6 Å². The van der Waals surface area contributed by atoms with Crippen LogP contribution in [0.3, 0.4) is 0 Å². The maximum atomic E-state index is 13.2. The lowest BCUT2D eigenvalue weighted by Crippen LogP contribution is -2.44. The first kappa shape index (κ1) is 23.1. The molecular formula is C24H27N5O2S2. The Morgan fingerprint density at radius 3 is 2.58 bits per heavy atom. The summed E-state index contributed by atoms with van der Waals surface area (Å²) in [5.74, 6) is -0.0759. The minimum absolute atomic E-state index is 0.198. The standard InChI is InChI=1S/C24H27N5O2S2/c1-14(2)12-18(13-25-23(31)20-15(3)26-24-29(20)10-11-32-24)28-22(30)19-21(33-16(4)27-19)17-8-6-5-7-9-17/h5-11,14,18H,12-13H2,1-4H3,(H,25,31)(H,28,30). The molecule has 2 N–H and O–H groups in total. The van der Waals surface area contributed by atoms with Crippen molar-refractivity contribution in [2.24, 2.45) is 5.92 Å². The highest BCUT2D eigenvalue weighted by Crippen LogP contribution is 2.30. The van der Waals surface area contributed by atoms with E-state index in [2.05, 4.69) is 34.4 Å². The molecule has 0 saturated heterocycles. The zero-order chi connectivity index (χ0) is 23.5. The monoisotopic (exact) mass is 481 g/mol. The number of imidazole rings is 1. The molecule has 1 aromatic carbocycles. The summed E-state index contributed by atoms with van der Waals surface area (Å²) in [6, 6.07) is 9.59. The summed E-state index contributed by atoms with van der Waals surface area (Å²) in [5, 5.41) is 8.84. The van der Waals surface area contributed by atoms with Gasteiger partial charge in [-0.1, -0.05) is 44.2 Å². The topological polar surface area (TPSA) is 88.4 Å². The minimum atomic E-state index is -0.224. The van der Waals surface area contributed by atoms with Crippen LogP contribution in [0.5, 0.6) is 0 Å². The molecule has 0 aliphatic heterocycles. The quantitative estimate of drug-likeness (QED) is 0.381. The molecule has 3 heterocycles. The first-order chi connectivity index (χ1) is 15.8. The van der Waals surface area contributed by atoms with Crippen molar-refractivity contribution >= 4 is 39.4 Å². The van der Waals surface area contributed by atoms with E-state index in [9.17, 15) is 9.59 Å². The highest BCUT2D eigenvalue weighted by atomic mass is 32.1. The summed E-state index contributed by atoms with van der Waals surface area (Å²) in [4.78, 5) is 36.7. The lowest BCUT2D eigenvalue weighted by molar-refractivity contribution is 0.0898. The van der Waals surface area contributed by atoms with Gasteiger partial charge in [0.2, 0.25) is 0 Å². The lowest BCUT2D eigenvalue weighted by Gasteiger charge is -2.21. The number of hydrogen-bond acceptors (Lipinski definition) is 6. The molecule has 9 heteroatoms. The van der Waals surface area contributed by atoms with Crippen LogP contribution in [0.1, 0.15) is 51.9 Å². The number of nitrogens with zero attached hydrogens (tertiary/aromatic N) is 3. The van der Waals surface area contributed by atoms with Crippen LogP contribution < -0.4 is 10.6 Å². The molecule has 4 aromatic rings. The van der Waals surface area contributed by atoms with Gasteiger partial charge in [0.1, 0.15) is 11.4 Å². The molecule has 0 aliphatic rings. The molecule has 1 atom stereocenters. The van der Waals surface area contributed by atoms with Crippen LogP contribution in [0.2, 0.25) is 0 Å². The fraction of sp³-hybridized carbons (Fsp3) is 0.333. The molecule has 0 bridgehead atoms. The van der Waals surface area contributed by atoms with Gasteiger partial charge in [0.25, 0.3) is 11.8 Å². The molecule has 0 spiro atoms. The Labute approximate surface area is 200 Å². The van der Waals surface area contributed by atoms with Crippen LogP contribution in [0.15, 0.2) is 41.9 Å². The van der Waals surface area contributed by atoms with E-state index in [1.807, 2.05) is 55.8 Å². The van der Waals surface area contributed by atoms with Crippen molar-refractivity contribution in [1.29, 1.82) is 0 Å². The van der Waals surface area contributed by atoms with Crippen molar-refractivity contribution in [1.82, 2.24) is 25.0 Å². The zero-order valence-corrected chi connectivity index (χ0v) is 20.7. The number of rotatable bonds is 8. The maximum Gasteiger partial charge on any atom is 0.271 e. The average Bonchev–Trinajstić information content (AvgIpc) is 3.46. The molecule has 2 amide bonds. The molecular weight excluding hydrogens is 454 g/mol. The number of aromatic nitrogens is 3. The van der Waals surface area contributed by atoms with Gasteiger partial charge in [-0.2, -0.15) is 0 Å². The Hall–Kier alpha value is -3.04. The minimum Gasteiger partial charge on any atom is -0.349 e. The second-order valence-corrected chi connectivity index (χ2v) is 10.5. The number of thiazole rings is 2. The van der Waals surface area contributed by atoms with E-state index in [-0.39, 0.29) is 17.9 Å². The summed E-state index contributed by atoms with van der Waals surface area (Å²) >= 11 is 3.00. The van der Waals surface area contributed by atoms with Crippen LogP contribution >= 0.6 is 22.7 Å². The molecule has 0 saturated carbocycles. The number of hydrogen-bond donors (Lipinski definition) is 2. The van der Waals surface area contributed by atoms with Crippen molar-refractivity contribution in [3.8, 4) is 10.4 Å². The fourth-order valence-corrected chi connectivity index (χ4v) is 5.53. The Morgan fingerprint density at radius 2 is 1.85 bits per heavy atom. The molecule has 172 valence electrons. The Kier molecular flexibility index (Phi) is 6.90. The van der Waals surface area contributed by atoms with Crippen LogP contribution in [0.4, 0.5) is 0 Å². The molecule has 0 fully saturated rings. The third-order valence-corrected chi connectivity index (χ3v) is 7.01. The summed E-state index contributed by atoms with van der Waals surface area (Å²) in [5.41, 5.74) is 2.62. The predicted molar refractivity (Wildman–Crippen MR) is 133 cm³/mol. The number of amides is 2. The van der Waals surface area contributed by atoms with E-state index in [1.54, 1.807) is 4.40 Å². The third-order valence-electron chi connectivity index (χ3n) is 5.24. The number of fused-ring (bicyclic) bond motifs is 1.